The van der Waals surface area contributed by atoms with Crippen molar-refractivity contribution >= 4 is 11.7 Å². The lowest BCUT2D eigenvalue weighted by Gasteiger charge is -2.23. The molecule has 0 bridgehead atoms. The number of hydrogen-bond acceptors (Lipinski definition) is 4. The highest BCUT2D eigenvalue weighted by Gasteiger charge is 2.36. The van der Waals surface area contributed by atoms with Crippen molar-refractivity contribution in [3.63, 3.8) is 0 Å². The Bertz CT molecular complexity index is 887. The molecule has 3 rings (SSSR count). The average Bonchev–Trinajstić information content (AvgIpc) is 3.14. The Kier molecular flexibility index (Phi) is 5.81. The van der Waals surface area contributed by atoms with Gasteiger partial charge in [-0.15, -0.1) is 0 Å². The van der Waals surface area contributed by atoms with Crippen molar-refractivity contribution < 1.29 is 18.0 Å². The maximum absolute atomic E-state index is 13.2. The molecule has 2 aromatic rings. The minimum atomic E-state index is -4.78. The minimum absolute atomic E-state index is 0.182. The first-order chi connectivity index (χ1) is 13.3. The number of pyridine rings is 1. The lowest BCUT2D eigenvalue weighted by molar-refractivity contribution is -0.139. The monoisotopic (exact) mass is 394 g/mol. The molecule has 1 aliphatic rings. The van der Waals surface area contributed by atoms with Crippen molar-refractivity contribution in [2.75, 3.05) is 5.32 Å². The Morgan fingerprint density at radius 2 is 2.00 bits per heavy atom. The lowest BCUT2D eigenvalue weighted by atomic mass is 9.97. The SMILES string of the molecule is Cc1cnc(NC(=O)C(CC2CCCC2)n2cccc(C(F)(F)F)c2=O)cn1. The molecule has 1 amide bonds. The van der Waals surface area contributed by atoms with Gasteiger partial charge in [-0.1, -0.05) is 25.7 Å². The Hall–Kier alpha value is -2.71. The molecule has 0 saturated heterocycles. The molecule has 2 heterocycles. The summed E-state index contributed by atoms with van der Waals surface area (Å²) in [6.45, 7) is 1.74. The van der Waals surface area contributed by atoms with Crippen LogP contribution in [0.5, 0.6) is 0 Å². The molecule has 6 nitrogen and oxygen atoms in total. The van der Waals surface area contributed by atoms with Gasteiger partial charge in [-0.25, -0.2) is 4.98 Å². The number of alkyl halides is 3. The van der Waals surface area contributed by atoms with E-state index >= 15 is 0 Å². The largest absolute Gasteiger partial charge is 0.421 e. The van der Waals surface area contributed by atoms with Crippen LogP contribution in [-0.2, 0) is 11.0 Å². The van der Waals surface area contributed by atoms with Gasteiger partial charge in [0.2, 0.25) is 5.91 Å². The van der Waals surface area contributed by atoms with Gasteiger partial charge in [0.25, 0.3) is 5.56 Å². The number of rotatable bonds is 5. The number of anilines is 1. The first kappa shape index (κ1) is 20.0. The van der Waals surface area contributed by atoms with Crippen LogP contribution in [0.25, 0.3) is 0 Å². The van der Waals surface area contributed by atoms with E-state index in [9.17, 15) is 22.8 Å². The molecule has 0 aromatic carbocycles. The fourth-order valence-corrected chi connectivity index (χ4v) is 3.55. The molecule has 1 atom stereocenters. The molecule has 1 N–H and O–H groups in total. The van der Waals surface area contributed by atoms with Crippen molar-refractivity contribution in [3.05, 3.63) is 52.3 Å². The highest BCUT2D eigenvalue weighted by molar-refractivity contribution is 5.92. The third kappa shape index (κ3) is 4.58. The lowest BCUT2D eigenvalue weighted by Crippen LogP contribution is -2.37. The van der Waals surface area contributed by atoms with Gasteiger partial charge in [-0.3, -0.25) is 14.6 Å². The highest BCUT2D eigenvalue weighted by Crippen LogP contribution is 2.33. The van der Waals surface area contributed by atoms with Gasteiger partial charge in [-0.05, 0) is 31.4 Å². The van der Waals surface area contributed by atoms with Crippen LogP contribution in [0.15, 0.2) is 35.5 Å². The Morgan fingerprint density at radius 1 is 1.29 bits per heavy atom. The zero-order valence-electron chi connectivity index (χ0n) is 15.4. The Labute approximate surface area is 159 Å². The number of halogens is 3. The summed E-state index contributed by atoms with van der Waals surface area (Å²) in [5.41, 5.74) is -1.84. The summed E-state index contributed by atoms with van der Waals surface area (Å²) >= 11 is 0. The second-order valence-electron chi connectivity index (χ2n) is 7.07. The van der Waals surface area contributed by atoms with Crippen LogP contribution in [0.4, 0.5) is 19.0 Å². The third-order valence-corrected chi connectivity index (χ3v) is 4.98. The predicted octanol–water partition coefficient (Wildman–Crippen LogP) is 3.73. The van der Waals surface area contributed by atoms with E-state index in [4.69, 9.17) is 0 Å². The molecule has 0 radical (unpaired) electrons. The number of carbonyl (C=O) groups is 1. The van der Waals surface area contributed by atoms with E-state index in [-0.39, 0.29) is 11.7 Å². The zero-order chi connectivity index (χ0) is 20.3. The normalized spacial score (nSPS) is 16.1. The summed E-state index contributed by atoms with van der Waals surface area (Å²) in [7, 11) is 0. The van der Waals surface area contributed by atoms with Gasteiger partial charge in [0.15, 0.2) is 5.82 Å². The molecule has 0 aliphatic heterocycles. The first-order valence-corrected chi connectivity index (χ1v) is 9.13. The van der Waals surface area contributed by atoms with Crippen LogP contribution < -0.4 is 10.9 Å². The van der Waals surface area contributed by atoms with E-state index in [2.05, 4.69) is 15.3 Å². The number of aryl methyl sites for hydroxylation is 1. The summed E-state index contributed by atoms with van der Waals surface area (Å²) in [5, 5.41) is 2.57. The molecule has 0 spiro atoms. The molecule has 150 valence electrons. The fraction of sp³-hybridized carbons (Fsp3) is 0.474. The van der Waals surface area contributed by atoms with Crippen LogP contribution in [-0.4, -0.2) is 20.4 Å². The van der Waals surface area contributed by atoms with E-state index < -0.39 is 29.2 Å². The Morgan fingerprint density at radius 3 is 2.61 bits per heavy atom. The molecular formula is C19H21F3N4O2. The molecule has 1 saturated carbocycles. The number of nitrogens with one attached hydrogen (secondary N) is 1. The van der Waals surface area contributed by atoms with Gasteiger partial charge in [0.05, 0.1) is 18.1 Å². The van der Waals surface area contributed by atoms with Crippen LogP contribution in [0, 0.1) is 12.8 Å². The van der Waals surface area contributed by atoms with E-state index in [0.29, 0.717) is 12.1 Å². The molecule has 1 fully saturated rings. The molecule has 1 unspecified atom stereocenters. The van der Waals surface area contributed by atoms with Crippen LogP contribution in [0.2, 0.25) is 0 Å². The summed E-state index contributed by atoms with van der Waals surface area (Å²) < 4.78 is 40.3. The van der Waals surface area contributed by atoms with Crippen LogP contribution in [0.1, 0.15) is 49.4 Å². The molecule has 2 aromatic heterocycles. The van der Waals surface area contributed by atoms with Gasteiger partial charge in [0.1, 0.15) is 11.6 Å². The van der Waals surface area contributed by atoms with Crippen molar-refractivity contribution in [1.29, 1.82) is 0 Å². The number of aromatic nitrogens is 3. The van der Waals surface area contributed by atoms with Gasteiger partial charge in [-0.2, -0.15) is 13.2 Å². The summed E-state index contributed by atoms with van der Waals surface area (Å²) in [6.07, 6.45) is 3.40. The smallest absolute Gasteiger partial charge is 0.308 e. The Balaban J connectivity index is 1.94. The summed E-state index contributed by atoms with van der Waals surface area (Å²) in [5.74, 6) is -0.209. The van der Waals surface area contributed by atoms with Crippen molar-refractivity contribution in [3.8, 4) is 0 Å². The van der Waals surface area contributed by atoms with Crippen molar-refractivity contribution in [2.45, 2.75) is 51.2 Å². The second-order valence-corrected chi connectivity index (χ2v) is 7.07. The van der Waals surface area contributed by atoms with Gasteiger partial charge >= 0.3 is 6.18 Å². The fourth-order valence-electron chi connectivity index (χ4n) is 3.55. The van der Waals surface area contributed by atoms with E-state index in [1.54, 1.807) is 6.92 Å². The minimum Gasteiger partial charge on any atom is -0.308 e. The maximum atomic E-state index is 13.2. The maximum Gasteiger partial charge on any atom is 0.421 e. The molecule has 28 heavy (non-hydrogen) atoms. The van der Waals surface area contributed by atoms with E-state index in [1.807, 2.05) is 0 Å². The van der Waals surface area contributed by atoms with Gasteiger partial charge < -0.3 is 9.88 Å². The number of nitrogens with zero attached hydrogens (tertiary/aromatic N) is 3. The average molecular weight is 394 g/mol. The van der Waals surface area contributed by atoms with E-state index in [1.165, 1.54) is 18.6 Å². The van der Waals surface area contributed by atoms with Crippen LogP contribution in [0.3, 0.4) is 0 Å². The number of hydrogen-bond donors (Lipinski definition) is 1. The second kappa shape index (κ2) is 8.12. The summed E-state index contributed by atoms with van der Waals surface area (Å²) in [6, 6.07) is 0.820. The van der Waals surface area contributed by atoms with Crippen LogP contribution >= 0.6 is 0 Å². The predicted molar refractivity (Wildman–Crippen MR) is 96.7 cm³/mol. The zero-order valence-corrected chi connectivity index (χ0v) is 15.4. The quantitative estimate of drug-likeness (QED) is 0.838. The molecular weight excluding hydrogens is 373 g/mol. The molecule has 9 heteroatoms. The van der Waals surface area contributed by atoms with Crippen molar-refractivity contribution in [1.82, 2.24) is 14.5 Å². The van der Waals surface area contributed by atoms with Gasteiger partial charge in [0, 0.05) is 6.20 Å². The topological polar surface area (TPSA) is 76.9 Å². The first-order valence-electron chi connectivity index (χ1n) is 9.13. The third-order valence-electron chi connectivity index (χ3n) is 4.98. The van der Waals surface area contributed by atoms with E-state index in [0.717, 1.165) is 42.4 Å². The summed E-state index contributed by atoms with van der Waals surface area (Å²) in [4.78, 5) is 33.4. The highest BCUT2D eigenvalue weighted by atomic mass is 19.4. The number of carbonyl (C=O) groups excluding carboxylic acids is 1. The number of amides is 1. The molecule has 1 aliphatic carbocycles. The standard InChI is InChI=1S/C19H21F3N4O2/c1-12-10-24-16(11-23-12)25-17(27)15(9-13-5-2-3-6-13)26-8-4-7-14(18(26)28)19(20,21)22/h4,7-8,10-11,13,15H,2-3,5-6,9H2,1H3,(H,24,25,27). The van der Waals surface area contributed by atoms with Crippen molar-refractivity contribution in [2.24, 2.45) is 5.92 Å².